The van der Waals surface area contributed by atoms with E-state index in [1.807, 2.05) is 30.3 Å². The molecule has 0 aromatic heterocycles. The number of anilines is 2. The Morgan fingerprint density at radius 2 is 1.88 bits per heavy atom. The second-order valence-corrected chi connectivity index (χ2v) is 5.00. The van der Waals surface area contributed by atoms with Gasteiger partial charge in [0.15, 0.2) is 0 Å². The van der Waals surface area contributed by atoms with Gasteiger partial charge in [0.05, 0.1) is 0 Å². The van der Waals surface area contributed by atoms with E-state index in [1.54, 1.807) is 0 Å². The number of benzene rings is 2. The Kier molecular flexibility index (Phi) is 3.69. The van der Waals surface area contributed by atoms with Gasteiger partial charge in [0, 0.05) is 29.4 Å². The maximum atomic E-state index is 5.77. The summed E-state index contributed by atoms with van der Waals surface area (Å²) in [5.74, 6) is 0. The molecule has 0 aliphatic rings. The van der Waals surface area contributed by atoms with Crippen molar-refractivity contribution in [2.75, 3.05) is 17.7 Å². The molecule has 0 heterocycles. The highest BCUT2D eigenvalue weighted by Crippen LogP contribution is 2.20. The Bertz CT molecular complexity index is 511. The van der Waals surface area contributed by atoms with Gasteiger partial charge in [0.1, 0.15) is 0 Å². The molecule has 2 rings (SSSR count). The van der Waals surface area contributed by atoms with Gasteiger partial charge in [0.25, 0.3) is 0 Å². The molecule has 17 heavy (non-hydrogen) atoms. The molecular formula is C14H15BrN2. The Hall–Kier alpha value is -1.48. The van der Waals surface area contributed by atoms with Crippen LogP contribution in [0.1, 0.15) is 5.56 Å². The van der Waals surface area contributed by atoms with Crippen molar-refractivity contribution in [3.05, 3.63) is 58.6 Å². The van der Waals surface area contributed by atoms with Crippen LogP contribution in [0.15, 0.2) is 53.0 Å². The third-order valence-corrected chi connectivity index (χ3v) is 3.11. The van der Waals surface area contributed by atoms with Crippen LogP contribution >= 0.6 is 15.9 Å². The van der Waals surface area contributed by atoms with Crippen LogP contribution in [-0.4, -0.2) is 7.05 Å². The largest absolute Gasteiger partial charge is 0.399 e. The molecule has 0 aliphatic carbocycles. The Labute approximate surface area is 110 Å². The van der Waals surface area contributed by atoms with Gasteiger partial charge in [-0.25, -0.2) is 0 Å². The number of nitrogen functional groups attached to an aromatic ring is 1. The first kappa shape index (κ1) is 12.0. The van der Waals surface area contributed by atoms with E-state index in [1.165, 1.54) is 11.3 Å². The number of nitrogens with two attached hydrogens (primary N) is 1. The standard InChI is InChI=1S/C14H15BrN2/c1-17(14-7-3-5-12(15)9-14)10-11-4-2-6-13(16)8-11/h2-9H,10,16H2,1H3. The summed E-state index contributed by atoms with van der Waals surface area (Å²) in [5.41, 5.74) is 8.98. The molecule has 0 amide bonds. The minimum absolute atomic E-state index is 0.810. The summed E-state index contributed by atoms with van der Waals surface area (Å²) in [6.45, 7) is 0.849. The first-order valence-electron chi connectivity index (χ1n) is 5.46. The van der Waals surface area contributed by atoms with E-state index in [2.05, 4.69) is 46.1 Å². The molecule has 0 bridgehead atoms. The van der Waals surface area contributed by atoms with Crippen LogP contribution in [0.3, 0.4) is 0 Å². The topological polar surface area (TPSA) is 29.3 Å². The van der Waals surface area contributed by atoms with Crippen LogP contribution in [-0.2, 0) is 6.54 Å². The van der Waals surface area contributed by atoms with Crippen LogP contribution in [0.25, 0.3) is 0 Å². The summed E-state index contributed by atoms with van der Waals surface area (Å²) in [7, 11) is 2.07. The first-order valence-corrected chi connectivity index (χ1v) is 6.25. The lowest BCUT2D eigenvalue weighted by molar-refractivity contribution is 0.923. The molecule has 2 aromatic carbocycles. The summed E-state index contributed by atoms with van der Waals surface area (Å²) in [6.07, 6.45) is 0. The fraction of sp³-hybridized carbons (Fsp3) is 0.143. The molecule has 0 atom stereocenters. The van der Waals surface area contributed by atoms with Crippen molar-refractivity contribution in [2.24, 2.45) is 0 Å². The van der Waals surface area contributed by atoms with E-state index in [-0.39, 0.29) is 0 Å². The molecule has 0 radical (unpaired) electrons. The molecule has 2 N–H and O–H groups in total. The summed E-state index contributed by atoms with van der Waals surface area (Å²) in [4.78, 5) is 2.19. The summed E-state index contributed by atoms with van der Waals surface area (Å²) < 4.78 is 1.09. The summed E-state index contributed by atoms with van der Waals surface area (Å²) >= 11 is 3.48. The molecular weight excluding hydrogens is 276 g/mol. The number of hydrogen-bond donors (Lipinski definition) is 1. The fourth-order valence-electron chi connectivity index (χ4n) is 1.77. The van der Waals surface area contributed by atoms with Crippen LogP contribution in [0.2, 0.25) is 0 Å². The first-order chi connectivity index (χ1) is 8.15. The van der Waals surface area contributed by atoms with E-state index in [9.17, 15) is 0 Å². The zero-order valence-corrected chi connectivity index (χ0v) is 11.3. The molecule has 0 unspecified atom stereocenters. The maximum Gasteiger partial charge on any atom is 0.0426 e. The van der Waals surface area contributed by atoms with Gasteiger partial charge in [-0.1, -0.05) is 34.1 Å². The molecule has 3 heteroatoms. The molecule has 2 nitrogen and oxygen atoms in total. The van der Waals surface area contributed by atoms with Crippen molar-refractivity contribution in [1.82, 2.24) is 0 Å². The predicted molar refractivity (Wildman–Crippen MR) is 77.1 cm³/mol. The Morgan fingerprint density at radius 1 is 1.12 bits per heavy atom. The van der Waals surface area contributed by atoms with Crippen LogP contribution in [0, 0.1) is 0 Å². The highest BCUT2D eigenvalue weighted by molar-refractivity contribution is 9.10. The molecule has 0 saturated carbocycles. The number of hydrogen-bond acceptors (Lipinski definition) is 2. The zero-order valence-electron chi connectivity index (χ0n) is 9.73. The minimum atomic E-state index is 0.810. The highest BCUT2D eigenvalue weighted by Gasteiger charge is 2.02. The van der Waals surface area contributed by atoms with Crippen molar-refractivity contribution >= 4 is 27.3 Å². The third kappa shape index (κ3) is 3.24. The van der Waals surface area contributed by atoms with Gasteiger partial charge in [-0.2, -0.15) is 0 Å². The van der Waals surface area contributed by atoms with Crippen LogP contribution < -0.4 is 10.6 Å². The van der Waals surface area contributed by atoms with Gasteiger partial charge in [-0.3, -0.25) is 0 Å². The molecule has 2 aromatic rings. The average Bonchev–Trinajstić information content (AvgIpc) is 2.29. The second kappa shape index (κ2) is 5.23. The lowest BCUT2D eigenvalue weighted by atomic mass is 10.2. The quantitative estimate of drug-likeness (QED) is 0.874. The normalized spacial score (nSPS) is 10.2. The van der Waals surface area contributed by atoms with Crippen LogP contribution in [0.5, 0.6) is 0 Å². The minimum Gasteiger partial charge on any atom is -0.399 e. The van der Waals surface area contributed by atoms with Crippen molar-refractivity contribution in [3.63, 3.8) is 0 Å². The fourth-order valence-corrected chi connectivity index (χ4v) is 2.16. The van der Waals surface area contributed by atoms with Gasteiger partial charge in [-0.15, -0.1) is 0 Å². The van der Waals surface area contributed by atoms with Crippen molar-refractivity contribution in [1.29, 1.82) is 0 Å². The third-order valence-electron chi connectivity index (χ3n) is 2.62. The monoisotopic (exact) mass is 290 g/mol. The van der Waals surface area contributed by atoms with Crippen molar-refractivity contribution in [3.8, 4) is 0 Å². The average molecular weight is 291 g/mol. The number of halogens is 1. The Morgan fingerprint density at radius 3 is 2.59 bits per heavy atom. The molecule has 88 valence electrons. The highest BCUT2D eigenvalue weighted by atomic mass is 79.9. The molecule has 0 spiro atoms. The predicted octanol–water partition coefficient (Wildman–Crippen LogP) is 3.67. The maximum absolute atomic E-state index is 5.77. The van der Waals surface area contributed by atoms with Gasteiger partial charge >= 0.3 is 0 Å². The lowest BCUT2D eigenvalue weighted by Gasteiger charge is -2.19. The molecule has 0 aliphatic heterocycles. The second-order valence-electron chi connectivity index (χ2n) is 4.08. The van der Waals surface area contributed by atoms with Gasteiger partial charge < -0.3 is 10.6 Å². The van der Waals surface area contributed by atoms with E-state index in [0.29, 0.717) is 0 Å². The SMILES string of the molecule is CN(Cc1cccc(N)c1)c1cccc(Br)c1. The van der Waals surface area contributed by atoms with Crippen molar-refractivity contribution < 1.29 is 0 Å². The van der Waals surface area contributed by atoms with Gasteiger partial charge in [-0.05, 0) is 35.9 Å². The summed E-state index contributed by atoms with van der Waals surface area (Å²) in [6, 6.07) is 16.2. The van der Waals surface area contributed by atoms with Crippen LogP contribution in [0.4, 0.5) is 11.4 Å². The van der Waals surface area contributed by atoms with E-state index in [4.69, 9.17) is 5.73 Å². The van der Waals surface area contributed by atoms with E-state index < -0.39 is 0 Å². The van der Waals surface area contributed by atoms with E-state index >= 15 is 0 Å². The van der Waals surface area contributed by atoms with Crippen molar-refractivity contribution in [2.45, 2.75) is 6.54 Å². The molecule has 0 fully saturated rings. The number of nitrogens with zero attached hydrogens (tertiary/aromatic N) is 1. The zero-order chi connectivity index (χ0) is 12.3. The van der Waals surface area contributed by atoms with Gasteiger partial charge in [0.2, 0.25) is 0 Å². The number of rotatable bonds is 3. The molecule has 0 saturated heterocycles. The summed E-state index contributed by atoms with van der Waals surface area (Å²) in [5, 5.41) is 0. The Balaban J connectivity index is 2.14. The van der Waals surface area contributed by atoms with E-state index in [0.717, 1.165) is 16.7 Å². The lowest BCUT2D eigenvalue weighted by Crippen LogP contribution is -2.16. The smallest absolute Gasteiger partial charge is 0.0426 e.